The van der Waals surface area contributed by atoms with Crippen molar-refractivity contribution in [2.75, 3.05) is 0 Å². The Labute approximate surface area is 235 Å². The van der Waals surface area contributed by atoms with Gasteiger partial charge in [0, 0.05) is 33.0 Å². The molecule has 0 radical (unpaired) electrons. The summed E-state index contributed by atoms with van der Waals surface area (Å²) < 4.78 is 2.36. The predicted molar refractivity (Wildman–Crippen MR) is 165 cm³/mol. The van der Waals surface area contributed by atoms with Gasteiger partial charge in [-0.3, -0.25) is 0 Å². The zero-order chi connectivity index (χ0) is 26.6. The average Bonchev–Trinajstić information content (AvgIpc) is 3.36. The highest BCUT2D eigenvalue weighted by Crippen LogP contribution is 2.43. The molecule has 8 aromatic rings. The number of rotatable bonds is 3. The molecule has 40 heavy (non-hydrogen) atoms. The lowest BCUT2D eigenvalue weighted by Gasteiger charge is -2.12. The molecule has 0 bridgehead atoms. The Hall–Kier alpha value is -5.06. The summed E-state index contributed by atoms with van der Waals surface area (Å²) in [4.78, 5) is 14.0. The van der Waals surface area contributed by atoms with E-state index in [1.807, 2.05) is 36.4 Å². The summed E-state index contributed by atoms with van der Waals surface area (Å²) >= 11 is 6.51. The van der Waals surface area contributed by atoms with Gasteiger partial charge in [-0.2, -0.15) is 9.97 Å². The molecule has 5 heteroatoms. The zero-order valence-electron chi connectivity index (χ0n) is 21.3. The van der Waals surface area contributed by atoms with Gasteiger partial charge in [-0.1, -0.05) is 109 Å². The van der Waals surface area contributed by atoms with E-state index in [4.69, 9.17) is 16.6 Å². The highest BCUT2D eigenvalue weighted by atomic mass is 35.5. The second-order valence-electron chi connectivity index (χ2n) is 9.84. The van der Waals surface area contributed by atoms with Crippen molar-refractivity contribution in [3.05, 3.63) is 133 Å². The number of aromatic nitrogens is 4. The molecule has 188 valence electrons. The summed E-state index contributed by atoms with van der Waals surface area (Å²) in [6.07, 6.45) is 0. The van der Waals surface area contributed by atoms with Crippen molar-refractivity contribution in [3.8, 4) is 28.5 Å². The fourth-order valence-electron chi connectivity index (χ4n) is 5.86. The second-order valence-corrected chi connectivity index (χ2v) is 10.2. The molecular weight excluding hydrogens is 512 g/mol. The van der Waals surface area contributed by atoms with E-state index >= 15 is 0 Å². The van der Waals surface area contributed by atoms with Crippen LogP contribution in [-0.2, 0) is 0 Å². The van der Waals surface area contributed by atoms with Crippen molar-refractivity contribution in [1.82, 2.24) is 19.5 Å². The van der Waals surface area contributed by atoms with E-state index in [2.05, 4.69) is 106 Å². The highest BCUT2D eigenvalue weighted by Gasteiger charge is 2.21. The second kappa shape index (κ2) is 9.01. The summed E-state index contributed by atoms with van der Waals surface area (Å²) in [5, 5.41) is 7.20. The van der Waals surface area contributed by atoms with Gasteiger partial charge in [0.2, 0.25) is 5.28 Å². The van der Waals surface area contributed by atoms with E-state index in [0.717, 1.165) is 33.1 Å². The van der Waals surface area contributed by atoms with Gasteiger partial charge in [0.15, 0.2) is 11.6 Å². The first-order valence-electron chi connectivity index (χ1n) is 13.2. The molecule has 8 rings (SSSR count). The van der Waals surface area contributed by atoms with E-state index in [0.29, 0.717) is 11.6 Å². The van der Waals surface area contributed by atoms with Crippen LogP contribution in [0.3, 0.4) is 0 Å². The molecule has 6 aromatic carbocycles. The molecule has 2 heterocycles. The summed E-state index contributed by atoms with van der Waals surface area (Å²) in [5.74, 6) is 1.10. The predicted octanol–water partition coefficient (Wildman–Crippen LogP) is 9.26. The van der Waals surface area contributed by atoms with Crippen LogP contribution >= 0.6 is 11.6 Å². The molecule has 0 aliphatic heterocycles. The van der Waals surface area contributed by atoms with Crippen LogP contribution in [0.2, 0.25) is 5.28 Å². The first kappa shape index (κ1) is 22.9. The van der Waals surface area contributed by atoms with E-state index in [9.17, 15) is 0 Å². The maximum atomic E-state index is 6.51. The first-order chi connectivity index (χ1) is 19.8. The number of para-hydroxylation sites is 1. The number of hydrogen-bond donors (Lipinski definition) is 0. The lowest BCUT2D eigenvalue weighted by Crippen LogP contribution is -1.99. The van der Waals surface area contributed by atoms with E-state index in [1.54, 1.807) is 0 Å². The lowest BCUT2D eigenvalue weighted by molar-refractivity contribution is 1.07. The number of halogens is 1. The molecule has 0 saturated carbocycles. The summed E-state index contributed by atoms with van der Waals surface area (Å²) in [6, 6.07) is 44.1. The van der Waals surface area contributed by atoms with Crippen LogP contribution in [0.4, 0.5) is 0 Å². The van der Waals surface area contributed by atoms with Gasteiger partial charge in [-0.25, -0.2) is 4.98 Å². The molecule has 0 atom stereocenters. The van der Waals surface area contributed by atoms with Gasteiger partial charge in [0.1, 0.15) is 0 Å². The topological polar surface area (TPSA) is 43.6 Å². The number of fused-ring (bicyclic) bond motifs is 7. The van der Waals surface area contributed by atoms with Crippen LogP contribution < -0.4 is 0 Å². The average molecular weight is 533 g/mol. The number of nitrogens with zero attached hydrogens (tertiary/aromatic N) is 4. The largest absolute Gasteiger partial charge is 0.309 e. The van der Waals surface area contributed by atoms with Crippen LogP contribution in [-0.4, -0.2) is 19.5 Å². The molecule has 0 unspecified atom stereocenters. The fourth-order valence-corrected chi connectivity index (χ4v) is 6.02. The Morgan fingerprint density at radius 2 is 1.18 bits per heavy atom. The third kappa shape index (κ3) is 3.50. The molecule has 0 N–H and O–H groups in total. The van der Waals surface area contributed by atoms with Gasteiger partial charge in [0.05, 0.1) is 11.0 Å². The Morgan fingerprint density at radius 3 is 1.98 bits per heavy atom. The van der Waals surface area contributed by atoms with E-state index < -0.39 is 0 Å². The molecular formula is C35H21ClN4. The zero-order valence-corrected chi connectivity index (χ0v) is 22.0. The molecule has 0 aliphatic carbocycles. The number of hydrogen-bond acceptors (Lipinski definition) is 3. The SMILES string of the molecule is Clc1nc(-c2ccccc2)nc(-c2cc3c(c4ccccc24)c2ccc4ccccc4c2n3-c2ccccc2)n1. The van der Waals surface area contributed by atoms with Gasteiger partial charge in [-0.15, -0.1) is 0 Å². The summed E-state index contributed by atoms with van der Waals surface area (Å²) in [5.41, 5.74) is 5.17. The van der Waals surface area contributed by atoms with Crippen molar-refractivity contribution in [2.24, 2.45) is 0 Å². The van der Waals surface area contributed by atoms with Crippen molar-refractivity contribution in [3.63, 3.8) is 0 Å². The van der Waals surface area contributed by atoms with Crippen LogP contribution in [0.1, 0.15) is 0 Å². The Morgan fingerprint density at radius 1 is 0.525 bits per heavy atom. The third-order valence-electron chi connectivity index (χ3n) is 7.55. The van der Waals surface area contributed by atoms with Crippen molar-refractivity contribution in [2.45, 2.75) is 0 Å². The normalized spacial score (nSPS) is 11.6. The van der Waals surface area contributed by atoms with Gasteiger partial charge < -0.3 is 4.57 Å². The minimum atomic E-state index is 0.169. The minimum absolute atomic E-state index is 0.169. The molecule has 0 aliphatic rings. The first-order valence-corrected chi connectivity index (χ1v) is 13.5. The Balaban J connectivity index is 1.55. The molecule has 0 fully saturated rings. The monoisotopic (exact) mass is 532 g/mol. The van der Waals surface area contributed by atoms with Gasteiger partial charge in [-0.05, 0) is 46.0 Å². The van der Waals surface area contributed by atoms with Gasteiger partial charge in [0.25, 0.3) is 0 Å². The smallest absolute Gasteiger partial charge is 0.226 e. The molecule has 4 nitrogen and oxygen atoms in total. The fraction of sp³-hybridized carbons (Fsp3) is 0. The summed E-state index contributed by atoms with van der Waals surface area (Å²) in [6.45, 7) is 0. The Bertz CT molecular complexity index is 2220. The minimum Gasteiger partial charge on any atom is -0.309 e. The van der Waals surface area contributed by atoms with Crippen LogP contribution in [0.15, 0.2) is 127 Å². The highest BCUT2D eigenvalue weighted by molar-refractivity contribution is 6.29. The molecule has 0 saturated heterocycles. The maximum absolute atomic E-state index is 6.51. The number of benzene rings is 6. The van der Waals surface area contributed by atoms with Crippen LogP contribution in [0.5, 0.6) is 0 Å². The van der Waals surface area contributed by atoms with Crippen molar-refractivity contribution >= 4 is 55.0 Å². The maximum Gasteiger partial charge on any atom is 0.226 e. The Kier molecular flexibility index (Phi) is 5.15. The van der Waals surface area contributed by atoms with Crippen LogP contribution in [0.25, 0.3) is 71.8 Å². The van der Waals surface area contributed by atoms with Gasteiger partial charge >= 0.3 is 0 Å². The molecule has 0 amide bonds. The standard InChI is InChI=1S/C35H21ClN4/c36-35-38-33(23-12-3-1-4-13-23)37-34(39-35)29-21-30-31(27-18-10-9-17-26(27)29)28-20-19-22-11-7-8-16-25(22)32(28)40(30)24-14-5-2-6-15-24/h1-21H. The summed E-state index contributed by atoms with van der Waals surface area (Å²) in [7, 11) is 0. The van der Waals surface area contributed by atoms with E-state index in [-0.39, 0.29) is 5.28 Å². The quantitative estimate of drug-likeness (QED) is 0.228. The van der Waals surface area contributed by atoms with Crippen molar-refractivity contribution < 1.29 is 0 Å². The third-order valence-corrected chi connectivity index (χ3v) is 7.72. The van der Waals surface area contributed by atoms with E-state index in [1.165, 1.54) is 27.1 Å². The molecule has 2 aromatic heterocycles. The molecule has 0 spiro atoms. The van der Waals surface area contributed by atoms with Crippen LogP contribution in [0, 0.1) is 0 Å². The lowest BCUT2D eigenvalue weighted by atomic mass is 9.98. The van der Waals surface area contributed by atoms with Crippen molar-refractivity contribution in [1.29, 1.82) is 0 Å².